The fourth-order valence-corrected chi connectivity index (χ4v) is 3.94. The van der Waals surface area contributed by atoms with Gasteiger partial charge in [-0.15, -0.1) is 4.99 Å². The van der Waals surface area contributed by atoms with Gasteiger partial charge in [-0.1, -0.05) is 38.5 Å². The average Bonchev–Trinajstić information content (AvgIpc) is 2.83. The molecule has 0 aliphatic heterocycles. The Balaban J connectivity index is 1.61. The van der Waals surface area contributed by atoms with Gasteiger partial charge in [-0.25, -0.2) is 9.86 Å². The number of aliphatic imine (C=N–C) groups is 1. The first-order valence-electron chi connectivity index (χ1n) is 12.7. The van der Waals surface area contributed by atoms with Gasteiger partial charge >= 0.3 is 6.03 Å². The molecule has 0 unspecified atom stereocenters. The molecule has 2 amide bonds. The van der Waals surface area contributed by atoms with Gasteiger partial charge in [0.15, 0.2) is 0 Å². The van der Waals surface area contributed by atoms with Crippen LogP contribution in [-0.2, 0) is 4.84 Å². The number of pyridine rings is 1. The minimum absolute atomic E-state index is 0.0864. The molecule has 1 aromatic heterocycles. The second-order valence-corrected chi connectivity index (χ2v) is 9.12. The van der Waals surface area contributed by atoms with Crippen molar-refractivity contribution in [3.05, 3.63) is 24.5 Å². The van der Waals surface area contributed by atoms with Crippen molar-refractivity contribution in [2.75, 3.05) is 25.0 Å². The van der Waals surface area contributed by atoms with Gasteiger partial charge in [0.2, 0.25) is 12.2 Å². The summed E-state index contributed by atoms with van der Waals surface area (Å²) in [5.74, 6) is 1.01. The van der Waals surface area contributed by atoms with Crippen LogP contribution >= 0.6 is 0 Å². The van der Waals surface area contributed by atoms with Crippen LogP contribution in [0.1, 0.15) is 78.1 Å². The number of anilines is 1. The van der Waals surface area contributed by atoms with E-state index in [1.165, 1.54) is 37.2 Å². The predicted octanol–water partition coefficient (Wildman–Crippen LogP) is 4.80. The molecule has 188 valence electrons. The van der Waals surface area contributed by atoms with Crippen molar-refractivity contribution in [1.82, 2.24) is 20.7 Å². The van der Waals surface area contributed by atoms with Gasteiger partial charge in [-0.2, -0.15) is 5.26 Å². The molecule has 0 saturated heterocycles. The standard InChI is InChI=1S/C25H41N7O2/c1-21(2)30-25(33)32(34-19-22-11-7-6-8-12-22)18-10-5-3-4-9-15-28-24(29-20-26)31-23-13-16-27-17-14-23/h13-14,16-17,21-22H,3-12,15,18-19H2,1-2H3,(H,30,33)(H2,27,28,29,31). The Kier molecular flexibility index (Phi) is 13.5. The summed E-state index contributed by atoms with van der Waals surface area (Å²) in [6.07, 6.45) is 16.5. The Morgan fingerprint density at radius 3 is 2.59 bits per heavy atom. The van der Waals surface area contributed by atoms with Crippen LogP contribution in [0.15, 0.2) is 29.5 Å². The number of carbonyl (C=O) groups is 1. The molecule has 0 bridgehead atoms. The van der Waals surface area contributed by atoms with E-state index in [-0.39, 0.29) is 12.1 Å². The van der Waals surface area contributed by atoms with E-state index >= 15 is 0 Å². The van der Waals surface area contributed by atoms with Crippen molar-refractivity contribution in [2.45, 2.75) is 84.1 Å². The third kappa shape index (κ3) is 11.8. The number of hydrogen-bond acceptors (Lipinski definition) is 5. The number of urea groups is 1. The van der Waals surface area contributed by atoms with Gasteiger partial charge in [0.25, 0.3) is 0 Å². The van der Waals surface area contributed by atoms with E-state index in [1.54, 1.807) is 12.4 Å². The average molecular weight is 472 g/mol. The maximum Gasteiger partial charge on any atom is 0.341 e. The molecule has 0 aromatic carbocycles. The van der Waals surface area contributed by atoms with E-state index < -0.39 is 0 Å². The molecule has 9 nitrogen and oxygen atoms in total. The first-order valence-corrected chi connectivity index (χ1v) is 12.7. The Morgan fingerprint density at radius 1 is 1.18 bits per heavy atom. The quantitative estimate of drug-likeness (QED) is 0.125. The van der Waals surface area contributed by atoms with E-state index in [0.717, 1.165) is 44.3 Å². The molecule has 1 aliphatic rings. The maximum atomic E-state index is 12.5. The minimum Gasteiger partial charge on any atom is -0.355 e. The summed E-state index contributed by atoms with van der Waals surface area (Å²) in [6.45, 7) is 5.90. The van der Waals surface area contributed by atoms with Gasteiger partial charge in [0.05, 0.1) is 13.2 Å². The molecule has 2 rings (SSSR count). The van der Waals surface area contributed by atoms with Crippen molar-refractivity contribution in [2.24, 2.45) is 10.9 Å². The number of guanidine groups is 1. The second-order valence-electron chi connectivity index (χ2n) is 9.12. The third-order valence-corrected chi connectivity index (χ3v) is 5.76. The van der Waals surface area contributed by atoms with Crippen molar-refractivity contribution in [3.63, 3.8) is 0 Å². The molecule has 0 spiro atoms. The smallest absolute Gasteiger partial charge is 0.341 e. The number of unbranched alkanes of at least 4 members (excludes halogenated alkanes) is 4. The lowest BCUT2D eigenvalue weighted by molar-refractivity contribution is -0.133. The number of nitrogens with one attached hydrogen (secondary N) is 3. The van der Waals surface area contributed by atoms with E-state index in [1.807, 2.05) is 32.2 Å². The monoisotopic (exact) mass is 471 g/mol. The van der Waals surface area contributed by atoms with Crippen LogP contribution in [0.5, 0.6) is 0 Å². The number of amides is 2. The van der Waals surface area contributed by atoms with Gasteiger partial charge in [-0.3, -0.25) is 9.82 Å². The molecule has 1 heterocycles. The van der Waals surface area contributed by atoms with Crippen molar-refractivity contribution in [3.8, 4) is 6.19 Å². The molecule has 1 fully saturated rings. The molecule has 3 N–H and O–H groups in total. The maximum absolute atomic E-state index is 12.5. The number of rotatable bonds is 13. The third-order valence-electron chi connectivity index (χ3n) is 5.76. The lowest BCUT2D eigenvalue weighted by atomic mass is 9.90. The van der Waals surface area contributed by atoms with E-state index in [2.05, 4.69) is 25.9 Å². The zero-order valence-electron chi connectivity index (χ0n) is 20.8. The van der Waals surface area contributed by atoms with Crippen molar-refractivity contribution in [1.29, 1.82) is 5.26 Å². The first kappa shape index (κ1) is 27.4. The highest BCUT2D eigenvalue weighted by molar-refractivity contribution is 5.94. The Labute approximate surface area is 204 Å². The molecular weight excluding hydrogens is 430 g/mol. The largest absolute Gasteiger partial charge is 0.355 e. The summed E-state index contributed by atoms with van der Waals surface area (Å²) in [7, 11) is 0. The zero-order valence-corrected chi connectivity index (χ0v) is 20.8. The lowest BCUT2D eigenvalue weighted by Gasteiger charge is -2.27. The molecule has 9 heteroatoms. The Hall–Kier alpha value is -2.86. The number of hydroxylamine groups is 2. The Bertz CT molecular complexity index is 758. The van der Waals surface area contributed by atoms with Crippen LogP contribution in [0.3, 0.4) is 0 Å². The van der Waals surface area contributed by atoms with Crippen LogP contribution in [0.25, 0.3) is 0 Å². The number of hydrogen-bond donors (Lipinski definition) is 3. The van der Waals surface area contributed by atoms with Gasteiger partial charge in [-0.05, 0) is 57.6 Å². The molecule has 1 aliphatic carbocycles. The predicted molar refractivity (Wildman–Crippen MR) is 135 cm³/mol. The summed E-state index contributed by atoms with van der Waals surface area (Å²) in [6, 6.07) is 3.58. The fraction of sp³-hybridized carbons (Fsp3) is 0.680. The van der Waals surface area contributed by atoms with Gasteiger partial charge in [0, 0.05) is 30.7 Å². The lowest BCUT2D eigenvalue weighted by Crippen LogP contribution is -2.44. The summed E-state index contributed by atoms with van der Waals surface area (Å²) in [4.78, 5) is 26.2. The molecule has 1 aromatic rings. The molecule has 34 heavy (non-hydrogen) atoms. The van der Waals surface area contributed by atoms with Crippen LogP contribution in [0.2, 0.25) is 0 Å². The summed E-state index contributed by atoms with van der Waals surface area (Å²) < 4.78 is 0. The molecule has 0 radical (unpaired) electrons. The number of nitrogens with zero attached hydrogens (tertiary/aromatic N) is 4. The number of aromatic nitrogens is 1. The highest BCUT2D eigenvalue weighted by atomic mass is 16.7. The molecular formula is C25H41N7O2. The minimum atomic E-state index is -0.138. The highest BCUT2D eigenvalue weighted by Gasteiger charge is 2.19. The Morgan fingerprint density at radius 2 is 1.88 bits per heavy atom. The van der Waals surface area contributed by atoms with E-state index in [4.69, 9.17) is 10.1 Å². The number of nitriles is 1. The van der Waals surface area contributed by atoms with Crippen LogP contribution in [0, 0.1) is 17.4 Å². The van der Waals surface area contributed by atoms with Crippen LogP contribution < -0.4 is 16.0 Å². The SMILES string of the molecule is CC(C)NC(=O)N(CCCCCCCN/C(=N\C#N)Nc1ccncc1)OCC1CCCCC1. The van der Waals surface area contributed by atoms with Crippen LogP contribution in [0.4, 0.5) is 10.5 Å². The molecule has 0 atom stereocenters. The second kappa shape index (κ2) is 16.7. The normalized spacial score (nSPS) is 14.5. The number of carbonyl (C=O) groups excluding carboxylic acids is 1. The van der Waals surface area contributed by atoms with Crippen molar-refractivity contribution < 1.29 is 9.63 Å². The molecule has 1 saturated carbocycles. The van der Waals surface area contributed by atoms with Crippen molar-refractivity contribution >= 4 is 17.7 Å². The van der Waals surface area contributed by atoms with E-state index in [9.17, 15) is 4.79 Å². The van der Waals surface area contributed by atoms with Crippen LogP contribution in [-0.4, -0.2) is 47.8 Å². The highest BCUT2D eigenvalue weighted by Crippen LogP contribution is 2.24. The summed E-state index contributed by atoms with van der Waals surface area (Å²) in [5, 5.41) is 19.6. The fourth-order valence-electron chi connectivity index (χ4n) is 3.94. The topological polar surface area (TPSA) is 115 Å². The van der Waals surface area contributed by atoms with E-state index in [0.29, 0.717) is 25.0 Å². The summed E-state index contributed by atoms with van der Waals surface area (Å²) >= 11 is 0. The van der Waals surface area contributed by atoms with Gasteiger partial charge in [0.1, 0.15) is 0 Å². The summed E-state index contributed by atoms with van der Waals surface area (Å²) in [5.41, 5.74) is 0.827. The zero-order chi connectivity index (χ0) is 24.4. The first-order chi connectivity index (χ1) is 16.6. The van der Waals surface area contributed by atoms with Gasteiger partial charge < -0.3 is 16.0 Å².